The Morgan fingerprint density at radius 1 is 1.13 bits per heavy atom. The van der Waals surface area contributed by atoms with Crippen LogP contribution < -0.4 is 20.4 Å². The van der Waals surface area contributed by atoms with Crippen molar-refractivity contribution in [3.63, 3.8) is 0 Å². The number of para-hydroxylation sites is 1. The summed E-state index contributed by atoms with van der Waals surface area (Å²) in [6.07, 6.45) is 4.11. The van der Waals surface area contributed by atoms with Crippen LogP contribution in [0.25, 0.3) is 17.1 Å². The Balaban J connectivity index is 1.55. The standard InChI is InChI=1S/C23H17N3O3S/c1-14-6-8-15(9-7-14)11-18-21(27)24-23-26(25-18)22(28)20(30-23)12-16-10-17-4-2-3-5-19(17)29-13-16/h2-10,12H,11,13H2,1H3/b20-12-. The first-order valence-corrected chi connectivity index (χ1v) is 10.3. The molecule has 0 saturated heterocycles. The van der Waals surface area contributed by atoms with Gasteiger partial charge in [0.05, 0.1) is 4.53 Å². The van der Waals surface area contributed by atoms with E-state index in [2.05, 4.69) is 10.1 Å². The van der Waals surface area contributed by atoms with Crippen LogP contribution in [0.3, 0.4) is 0 Å². The van der Waals surface area contributed by atoms with Crippen molar-refractivity contribution in [3.05, 3.63) is 102 Å². The van der Waals surface area contributed by atoms with Gasteiger partial charge in [0.15, 0.2) is 0 Å². The van der Waals surface area contributed by atoms with E-state index >= 15 is 0 Å². The van der Waals surface area contributed by atoms with Crippen molar-refractivity contribution in [2.24, 2.45) is 0 Å². The molecule has 0 atom stereocenters. The van der Waals surface area contributed by atoms with Gasteiger partial charge in [0.1, 0.15) is 18.1 Å². The number of benzene rings is 2. The summed E-state index contributed by atoms with van der Waals surface area (Å²) in [5, 5.41) is 4.31. The molecule has 2 aromatic heterocycles. The molecule has 0 radical (unpaired) electrons. The van der Waals surface area contributed by atoms with Gasteiger partial charge in [-0.05, 0) is 36.3 Å². The van der Waals surface area contributed by atoms with Crippen LogP contribution >= 0.6 is 11.3 Å². The molecule has 5 rings (SSSR count). The molecule has 1 aliphatic rings. The lowest BCUT2D eigenvalue weighted by Crippen LogP contribution is -2.28. The summed E-state index contributed by atoms with van der Waals surface area (Å²) in [6, 6.07) is 15.6. The second-order valence-corrected chi connectivity index (χ2v) is 8.19. The summed E-state index contributed by atoms with van der Waals surface area (Å²) in [6.45, 7) is 2.38. The lowest BCUT2D eigenvalue weighted by atomic mass is 10.1. The normalized spacial score (nSPS) is 13.8. The molecule has 0 aliphatic carbocycles. The van der Waals surface area contributed by atoms with E-state index in [1.807, 2.05) is 61.5 Å². The first-order chi connectivity index (χ1) is 14.6. The van der Waals surface area contributed by atoms with Crippen LogP contribution in [-0.4, -0.2) is 21.2 Å². The average Bonchev–Trinajstić information content (AvgIpc) is 3.04. The molecule has 0 bridgehead atoms. The van der Waals surface area contributed by atoms with Crippen molar-refractivity contribution in [2.45, 2.75) is 13.3 Å². The minimum atomic E-state index is -0.405. The molecule has 0 saturated carbocycles. The lowest BCUT2D eigenvalue weighted by Gasteiger charge is -2.15. The molecule has 2 aromatic carbocycles. The van der Waals surface area contributed by atoms with Crippen molar-refractivity contribution in [2.75, 3.05) is 6.61 Å². The maximum Gasteiger partial charge on any atom is 0.296 e. The van der Waals surface area contributed by atoms with Crippen molar-refractivity contribution in [1.82, 2.24) is 14.6 Å². The molecule has 148 valence electrons. The molecule has 0 unspecified atom stereocenters. The van der Waals surface area contributed by atoms with Gasteiger partial charge in [-0.3, -0.25) is 9.59 Å². The average molecular weight is 415 g/mol. The fourth-order valence-corrected chi connectivity index (χ4v) is 4.26. The second-order valence-electron chi connectivity index (χ2n) is 7.18. The summed E-state index contributed by atoms with van der Waals surface area (Å²) < 4.78 is 7.44. The van der Waals surface area contributed by atoms with Crippen LogP contribution in [0.2, 0.25) is 0 Å². The smallest absolute Gasteiger partial charge is 0.296 e. The first-order valence-electron chi connectivity index (χ1n) is 9.49. The molecule has 0 fully saturated rings. The fraction of sp³-hybridized carbons (Fsp3) is 0.130. The van der Waals surface area contributed by atoms with E-state index in [4.69, 9.17) is 4.74 Å². The summed E-state index contributed by atoms with van der Waals surface area (Å²) in [4.78, 5) is 29.7. The second kappa shape index (κ2) is 7.35. The minimum absolute atomic E-state index is 0.256. The molecule has 7 heteroatoms. The topological polar surface area (TPSA) is 73.6 Å². The largest absolute Gasteiger partial charge is 0.488 e. The molecule has 4 aromatic rings. The molecular formula is C23H17N3O3S. The predicted octanol–water partition coefficient (Wildman–Crippen LogP) is 2.39. The van der Waals surface area contributed by atoms with E-state index in [1.54, 1.807) is 6.08 Å². The SMILES string of the molecule is Cc1ccc(Cc2nn3c(=O)/c(=C/C4=Cc5ccccc5OC4)sc3nc2=O)cc1. The molecule has 0 spiro atoms. The number of nitrogens with zero attached hydrogens (tertiary/aromatic N) is 3. The molecule has 3 heterocycles. The van der Waals surface area contributed by atoms with E-state index in [0.717, 1.165) is 39.3 Å². The molecule has 6 nitrogen and oxygen atoms in total. The van der Waals surface area contributed by atoms with Crippen LogP contribution in [-0.2, 0) is 6.42 Å². The lowest BCUT2D eigenvalue weighted by molar-refractivity contribution is 0.352. The van der Waals surface area contributed by atoms with Crippen LogP contribution in [0, 0.1) is 6.92 Å². The maximum absolute atomic E-state index is 12.9. The van der Waals surface area contributed by atoms with Crippen LogP contribution in [0.15, 0.2) is 63.7 Å². The van der Waals surface area contributed by atoms with E-state index < -0.39 is 5.56 Å². The summed E-state index contributed by atoms with van der Waals surface area (Å²) >= 11 is 1.15. The zero-order valence-electron chi connectivity index (χ0n) is 16.2. The number of fused-ring (bicyclic) bond motifs is 2. The van der Waals surface area contributed by atoms with Crippen LogP contribution in [0.5, 0.6) is 5.75 Å². The highest BCUT2D eigenvalue weighted by molar-refractivity contribution is 7.15. The Labute approximate surface area is 175 Å². The van der Waals surface area contributed by atoms with Crippen molar-refractivity contribution in [3.8, 4) is 5.75 Å². The number of rotatable bonds is 3. The van der Waals surface area contributed by atoms with Crippen LogP contribution in [0.1, 0.15) is 22.4 Å². The number of aromatic nitrogens is 3. The Morgan fingerprint density at radius 3 is 2.77 bits per heavy atom. The summed E-state index contributed by atoms with van der Waals surface area (Å²) in [7, 11) is 0. The summed E-state index contributed by atoms with van der Waals surface area (Å²) in [5.41, 5.74) is 3.50. The highest BCUT2D eigenvalue weighted by Gasteiger charge is 2.13. The zero-order valence-corrected chi connectivity index (χ0v) is 17.0. The van der Waals surface area contributed by atoms with Gasteiger partial charge in [-0.2, -0.15) is 14.6 Å². The Morgan fingerprint density at radius 2 is 1.93 bits per heavy atom. The minimum Gasteiger partial charge on any atom is -0.488 e. The van der Waals surface area contributed by atoms with Gasteiger partial charge in [-0.1, -0.05) is 59.4 Å². The molecular weight excluding hydrogens is 398 g/mol. The van der Waals surface area contributed by atoms with E-state index in [9.17, 15) is 9.59 Å². The monoisotopic (exact) mass is 415 g/mol. The molecule has 0 N–H and O–H groups in total. The highest BCUT2D eigenvalue weighted by atomic mass is 32.1. The van der Waals surface area contributed by atoms with Gasteiger partial charge in [0, 0.05) is 12.0 Å². The number of hydrogen-bond donors (Lipinski definition) is 0. The third kappa shape index (κ3) is 3.44. The number of ether oxygens (including phenoxy) is 1. The van der Waals surface area contributed by atoms with Gasteiger partial charge >= 0.3 is 0 Å². The summed E-state index contributed by atoms with van der Waals surface area (Å²) in [5.74, 6) is 0.822. The van der Waals surface area contributed by atoms with E-state index in [1.165, 1.54) is 4.52 Å². The van der Waals surface area contributed by atoms with Crippen molar-refractivity contribution < 1.29 is 4.74 Å². The van der Waals surface area contributed by atoms with Gasteiger partial charge in [0.25, 0.3) is 11.1 Å². The number of thiazole rings is 1. The first kappa shape index (κ1) is 18.4. The number of aryl methyl sites for hydroxylation is 1. The number of hydrogen-bond acceptors (Lipinski definition) is 6. The van der Waals surface area contributed by atoms with Gasteiger partial charge in [-0.15, -0.1) is 0 Å². The third-order valence-electron chi connectivity index (χ3n) is 4.91. The Hall–Kier alpha value is -3.58. The molecule has 0 amide bonds. The van der Waals surface area contributed by atoms with Crippen molar-refractivity contribution >= 4 is 28.4 Å². The Kier molecular flexibility index (Phi) is 4.52. The van der Waals surface area contributed by atoms with E-state index in [0.29, 0.717) is 22.5 Å². The zero-order chi connectivity index (χ0) is 20.7. The third-order valence-corrected chi connectivity index (χ3v) is 5.87. The predicted molar refractivity (Wildman–Crippen MR) is 117 cm³/mol. The Bertz CT molecular complexity index is 1470. The molecule has 30 heavy (non-hydrogen) atoms. The highest BCUT2D eigenvalue weighted by Crippen LogP contribution is 2.26. The molecule has 1 aliphatic heterocycles. The van der Waals surface area contributed by atoms with Crippen LogP contribution in [0.4, 0.5) is 0 Å². The van der Waals surface area contributed by atoms with Gasteiger partial charge in [-0.25, -0.2) is 0 Å². The maximum atomic E-state index is 12.9. The fourth-order valence-electron chi connectivity index (χ4n) is 3.34. The van der Waals surface area contributed by atoms with Gasteiger partial charge in [0.2, 0.25) is 4.96 Å². The quantitative estimate of drug-likeness (QED) is 0.514. The van der Waals surface area contributed by atoms with Gasteiger partial charge < -0.3 is 4.74 Å². The van der Waals surface area contributed by atoms with Crippen molar-refractivity contribution in [1.29, 1.82) is 0 Å². The van der Waals surface area contributed by atoms with E-state index in [-0.39, 0.29) is 11.3 Å².